The fraction of sp³-hybridized carbons (Fsp3) is 0.125. The quantitative estimate of drug-likeness (QED) is 0.216. The van der Waals surface area contributed by atoms with Gasteiger partial charge in [-0.2, -0.15) is 5.10 Å². The Labute approximate surface area is 236 Å². The second kappa shape index (κ2) is 10.0. The van der Waals surface area contributed by atoms with Crippen LogP contribution in [-0.4, -0.2) is 29.2 Å². The number of halogens is 1. The van der Waals surface area contributed by atoms with Crippen molar-refractivity contribution in [2.24, 2.45) is 0 Å². The molecule has 0 unspecified atom stereocenters. The Morgan fingerprint density at radius 3 is 2.27 bits per heavy atom. The summed E-state index contributed by atoms with van der Waals surface area (Å²) in [5.41, 5.74) is 3.62. The predicted octanol–water partition coefficient (Wildman–Crippen LogP) is 7.13. The number of aryl methyl sites for hydroxylation is 1. The number of carbonyl (C=O) groups is 1. The van der Waals surface area contributed by atoms with Crippen LogP contribution in [0.2, 0.25) is 0 Å². The summed E-state index contributed by atoms with van der Waals surface area (Å²) in [6, 6.07) is 24.7. The molecule has 7 nitrogen and oxygen atoms in total. The molecule has 0 amide bonds. The van der Waals surface area contributed by atoms with Gasteiger partial charge in [0.15, 0.2) is 10.8 Å². The van der Waals surface area contributed by atoms with Crippen LogP contribution in [0.3, 0.4) is 0 Å². The first-order chi connectivity index (χ1) is 19.6. The molecular formula is C32H26FN3O4S. The van der Waals surface area contributed by atoms with Crippen LogP contribution in [0.25, 0.3) is 27.5 Å². The van der Waals surface area contributed by atoms with Crippen molar-refractivity contribution in [3.8, 4) is 11.4 Å². The summed E-state index contributed by atoms with van der Waals surface area (Å²) < 4.78 is 49.1. The van der Waals surface area contributed by atoms with Crippen LogP contribution in [0.15, 0.2) is 101 Å². The second-order valence-corrected chi connectivity index (χ2v) is 12.1. The first-order valence-corrected chi connectivity index (χ1v) is 14.5. The molecule has 206 valence electrons. The number of rotatable bonds is 6. The summed E-state index contributed by atoms with van der Waals surface area (Å²) in [5.74, 6) is -0.720. The van der Waals surface area contributed by atoms with Gasteiger partial charge in [-0.05, 0) is 73.5 Å². The third kappa shape index (κ3) is 4.58. The second-order valence-electron chi connectivity index (χ2n) is 10.2. The Kier molecular flexibility index (Phi) is 6.46. The van der Waals surface area contributed by atoms with Crippen LogP contribution < -0.4 is 4.74 Å². The Morgan fingerprint density at radius 1 is 0.927 bits per heavy atom. The normalized spacial score (nSPS) is 11.9. The van der Waals surface area contributed by atoms with Crippen LogP contribution in [0, 0.1) is 12.7 Å². The number of nitrogens with zero attached hydrogens (tertiary/aromatic N) is 2. The van der Waals surface area contributed by atoms with Gasteiger partial charge in [-0.15, -0.1) is 0 Å². The number of H-pyrrole nitrogens is 1. The molecule has 41 heavy (non-hydrogen) atoms. The Bertz CT molecular complexity index is 2030. The number of aromatic amines is 1. The number of esters is 1. The summed E-state index contributed by atoms with van der Waals surface area (Å²) in [6.07, 6.45) is 0. The van der Waals surface area contributed by atoms with E-state index in [1.54, 1.807) is 72.8 Å². The van der Waals surface area contributed by atoms with Gasteiger partial charge in [0.1, 0.15) is 5.82 Å². The molecule has 0 saturated carbocycles. The lowest BCUT2D eigenvalue weighted by molar-refractivity contribution is 0.0735. The van der Waals surface area contributed by atoms with Crippen molar-refractivity contribution in [2.45, 2.75) is 36.6 Å². The molecule has 0 aliphatic carbocycles. The highest BCUT2D eigenvalue weighted by molar-refractivity contribution is 7.91. The van der Waals surface area contributed by atoms with Crippen LogP contribution >= 0.6 is 0 Å². The Hall–Kier alpha value is -4.76. The summed E-state index contributed by atoms with van der Waals surface area (Å²) in [5, 5.41) is 7.95. The lowest BCUT2D eigenvalue weighted by Gasteiger charge is -2.15. The van der Waals surface area contributed by atoms with Crippen molar-refractivity contribution in [1.82, 2.24) is 14.8 Å². The third-order valence-corrected chi connectivity index (χ3v) is 8.77. The molecule has 0 aliphatic heterocycles. The van der Waals surface area contributed by atoms with E-state index in [0.29, 0.717) is 44.5 Å². The van der Waals surface area contributed by atoms with Gasteiger partial charge < -0.3 is 9.30 Å². The monoisotopic (exact) mass is 567 g/mol. The number of hydrogen-bond acceptors (Lipinski definition) is 5. The van der Waals surface area contributed by atoms with Crippen LogP contribution in [0.1, 0.15) is 41.4 Å². The molecular weight excluding hydrogens is 541 g/mol. The first kappa shape index (κ1) is 26.5. The van der Waals surface area contributed by atoms with Crippen molar-refractivity contribution in [3.63, 3.8) is 0 Å². The maximum atomic E-state index is 13.9. The van der Waals surface area contributed by atoms with E-state index in [9.17, 15) is 17.6 Å². The molecule has 0 radical (unpaired) electrons. The Balaban J connectivity index is 1.63. The van der Waals surface area contributed by atoms with E-state index in [1.807, 2.05) is 31.4 Å². The SMILES string of the molecule is Cc1ccc(S(=O)(=O)c2[nH]nc3cc4c(OC(=O)c5ccccc5)c(C(C)C)n(-c5ccc(F)cc5)c4cc23)cc1. The summed E-state index contributed by atoms with van der Waals surface area (Å²) in [6.45, 7) is 5.82. The minimum absolute atomic E-state index is 0.0426. The first-order valence-electron chi connectivity index (χ1n) is 13.1. The van der Waals surface area contributed by atoms with Crippen molar-refractivity contribution >= 4 is 37.6 Å². The molecule has 6 aromatic rings. The minimum atomic E-state index is -3.93. The predicted molar refractivity (Wildman–Crippen MR) is 155 cm³/mol. The maximum absolute atomic E-state index is 13.9. The van der Waals surface area contributed by atoms with Crippen LogP contribution in [0.5, 0.6) is 5.75 Å². The lowest BCUT2D eigenvalue weighted by Crippen LogP contribution is -2.11. The van der Waals surface area contributed by atoms with Crippen LogP contribution in [0.4, 0.5) is 4.39 Å². The van der Waals surface area contributed by atoms with Gasteiger partial charge in [0, 0.05) is 16.5 Å². The number of aromatic nitrogens is 3. The number of nitrogens with one attached hydrogen (secondary N) is 1. The third-order valence-electron chi connectivity index (χ3n) is 7.03. The molecule has 0 bridgehead atoms. The van der Waals surface area contributed by atoms with E-state index < -0.39 is 21.6 Å². The van der Waals surface area contributed by atoms with E-state index >= 15 is 0 Å². The fourth-order valence-corrected chi connectivity index (χ4v) is 6.37. The number of ether oxygens (including phenoxy) is 1. The number of sulfone groups is 1. The maximum Gasteiger partial charge on any atom is 0.343 e. The van der Waals surface area contributed by atoms with Gasteiger partial charge in [-0.3, -0.25) is 5.10 Å². The van der Waals surface area contributed by atoms with E-state index in [-0.39, 0.29) is 15.8 Å². The molecule has 0 saturated heterocycles. The number of carbonyl (C=O) groups excluding carboxylic acids is 1. The number of benzene rings is 4. The highest BCUT2D eigenvalue weighted by Crippen LogP contribution is 2.42. The minimum Gasteiger partial charge on any atom is -0.420 e. The fourth-order valence-electron chi connectivity index (χ4n) is 5.02. The summed E-state index contributed by atoms with van der Waals surface area (Å²) >= 11 is 0. The van der Waals surface area contributed by atoms with E-state index in [2.05, 4.69) is 10.2 Å². The van der Waals surface area contributed by atoms with Crippen molar-refractivity contribution in [2.75, 3.05) is 0 Å². The van der Waals surface area contributed by atoms with Crippen LogP contribution in [-0.2, 0) is 9.84 Å². The zero-order valence-corrected chi connectivity index (χ0v) is 23.4. The van der Waals surface area contributed by atoms with Gasteiger partial charge in [0.05, 0.1) is 27.2 Å². The summed E-state index contributed by atoms with van der Waals surface area (Å²) in [4.78, 5) is 13.4. The molecule has 0 spiro atoms. The van der Waals surface area contributed by atoms with Crippen molar-refractivity contribution in [3.05, 3.63) is 114 Å². The Morgan fingerprint density at radius 2 is 1.61 bits per heavy atom. The number of fused-ring (bicyclic) bond motifs is 2. The average molecular weight is 568 g/mol. The lowest BCUT2D eigenvalue weighted by atomic mass is 10.1. The molecule has 0 aliphatic rings. The molecule has 6 rings (SSSR count). The zero-order chi connectivity index (χ0) is 28.9. The van der Waals surface area contributed by atoms with Crippen molar-refractivity contribution < 1.29 is 22.3 Å². The van der Waals surface area contributed by atoms with Gasteiger partial charge in [-0.25, -0.2) is 17.6 Å². The molecule has 2 aromatic heterocycles. The molecule has 0 atom stereocenters. The van der Waals surface area contributed by atoms with Gasteiger partial charge in [-0.1, -0.05) is 49.7 Å². The highest BCUT2D eigenvalue weighted by atomic mass is 32.2. The average Bonchev–Trinajstić information content (AvgIpc) is 3.52. The molecule has 2 heterocycles. The molecule has 1 N–H and O–H groups in total. The highest BCUT2D eigenvalue weighted by Gasteiger charge is 2.28. The topological polar surface area (TPSA) is 94.1 Å². The van der Waals surface area contributed by atoms with Gasteiger partial charge >= 0.3 is 5.97 Å². The van der Waals surface area contributed by atoms with E-state index in [1.165, 1.54) is 12.1 Å². The number of hydrogen-bond donors (Lipinski definition) is 1. The molecule has 9 heteroatoms. The zero-order valence-electron chi connectivity index (χ0n) is 22.6. The van der Waals surface area contributed by atoms with Gasteiger partial charge in [0.25, 0.3) is 0 Å². The molecule has 0 fully saturated rings. The summed E-state index contributed by atoms with van der Waals surface area (Å²) in [7, 11) is -3.93. The van der Waals surface area contributed by atoms with E-state index in [4.69, 9.17) is 4.74 Å². The smallest absolute Gasteiger partial charge is 0.343 e. The largest absolute Gasteiger partial charge is 0.420 e. The van der Waals surface area contributed by atoms with Gasteiger partial charge in [0.2, 0.25) is 9.84 Å². The van der Waals surface area contributed by atoms with Crippen molar-refractivity contribution in [1.29, 1.82) is 0 Å². The standard InChI is InChI=1S/C32H26FN3O4S/c1-19(2)29-30(40-32(37)21-7-5-4-6-8-21)26-17-27-25(18-28(26)36(29)23-13-11-22(33)12-14-23)31(35-34-27)41(38,39)24-15-9-20(3)10-16-24/h4-19H,1-3H3,(H,34,35). The molecule has 4 aromatic carbocycles. The van der Waals surface area contributed by atoms with E-state index in [0.717, 1.165) is 5.56 Å².